The minimum atomic E-state index is -0.332. The zero-order valence-corrected chi connectivity index (χ0v) is 19.7. The molecule has 0 unspecified atom stereocenters. The van der Waals surface area contributed by atoms with E-state index in [0.717, 1.165) is 34.0 Å². The van der Waals surface area contributed by atoms with Crippen molar-refractivity contribution in [1.82, 2.24) is 10.6 Å². The van der Waals surface area contributed by atoms with E-state index in [2.05, 4.69) is 10.6 Å². The molecule has 32 heavy (non-hydrogen) atoms. The predicted octanol–water partition coefficient (Wildman–Crippen LogP) is 3.57. The molecule has 2 saturated heterocycles. The molecule has 0 bridgehead atoms. The van der Waals surface area contributed by atoms with Crippen molar-refractivity contribution in [3.05, 3.63) is 69.7 Å². The second-order valence-corrected chi connectivity index (χ2v) is 8.90. The first-order valence-corrected chi connectivity index (χ1v) is 11.4. The maximum atomic E-state index is 11.4. The number of halogens is 2. The summed E-state index contributed by atoms with van der Waals surface area (Å²) in [4.78, 5) is 22.8. The third kappa shape index (κ3) is 7.48. The molecule has 2 aromatic carbocycles. The maximum absolute atomic E-state index is 11.4. The van der Waals surface area contributed by atoms with Gasteiger partial charge in [-0.15, -0.1) is 0 Å². The van der Waals surface area contributed by atoms with Crippen LogP contribution < -0.4 is 10.6 Å². The van der Waals surface area contributed by atoms with Gasteiger partial charge in [0.05, 0.1) is 25.3 Å². The molecule has 4 atom stereocenters. The average Bonchev–Trinajstić information content (AvgIpc) is 2.77. The number of benzene rings is 2. The zero-order chi connectivity index (χ0) is 23.1. The van der Waals surface area contributed by atoms with Crippen LogP contribution in [0.4, 0.5) is 0 Å². The summed E-state index contributed by atoms with van der Waals surface area (Å²) in [6.07, 6.45) is 0.883. The van der Waals surface area contributed by atoms with Gasteiger partial charge in [0.15, 0.2) is 0 Å². The Morgan fingerprint density at radius 3 is 1.38 bits per heavy atom. The highest BCUT2D eigenvalue weighted by molar-refractivity contribution is 6.30. The topological polar surface area (TPSA) is 76.7 Å². The summed E-state index contributed by atoms with van der Waals surface area (Å²) < 4.78 is 10.7. The first-order valence-electron chi connectivity index (χ1n) is 10.6. The molecule has 2 aromatic rings. The summed E-state index contributed by atoms with van der Waals surface area (Å²) in [6.45, 7) is 4.65. The first-order chi connectivity index (χ1) is 15.3. The van der Waals surface area contributed by atoms with Crippen LogP contribution in [0.5, 0.6) is 0 Å². The van der Waals surface area contributed by atoms with E-state index in [1.54, 1.807) is 13.8 Å². The average molecular weight is 479 g/mol. The van der Waals surface area contributed by atoms with Crippen LogP contribution in [0.1, 0.15) is 25.0 Å². The Labute approximate surface area is 198 Å². The van der Waals surface area contributed by atoms with Gasteiger partial charge < -0.3 is 20.1 Å². The zero-order valence-electron chi connectivity index (χ0n) is 18.1. The van der Waals surface area contributed by atoms with E-state index in [9.17, 15) is 9.59 Å². The normalized spacial score (nSPS) is 25.2. The molecule has 2 N–H and O–H groups in total. The van der Waals surface area contributed by atoms with Gasteiger partial charge in [0.2, 0.25) is 11.8 Å². The fraction of sp³-hybridized carbons (Fsp3) is 0.417. The van der Waals surface area contributed by atoms with Crippen LogP contribution in [0, 0.1) is 0 Å². The molecule has 8 heteroatoms. The molecule has 6 nitrogen and oxygen atoms in total. The summed E-state index contributed by atoms with van der Waals surface area (Å²) in [6, 6.07) is 15.4. The van der Waals surface area contributed by atoms with Crippen molar-refractivity contribution >= 4 is 35.0 Å². The van der Waals surface area contributed by atoms with Crippen molar-refractivity contribution in [1.29, 1.82) is 0 Å². The van der Waals surface area contributed by atoms with Crippen LogP contribution in [0.3, 0.4) is 0 Å². The van der Waals surface area contributed by atoms with Gasteiger partial charge in [-0.25, -0.2) is 0 Å². The molecule has 172 valence electrons. The Morgan fingerprint density at radius 2 is 1.06 bits per heavy atom. The van der Waals surface area contributed by atoms with Crippen molar-refractivity contribution in [2.45, 2.75) is 51.0 Å². The van der Waals surface area contributed by atoms with E-state index >= 15 is 0 Å². The van der Waals surface area contributed by atoms with Crippen LogP contribution in [-0.2, 0) is 31.9 Å². The fourth-order valence-corrected chi connectivity index (χ4v) is 3.67. The Balaban J connectivity index is 0.000000181. The highest BCUT2D eigenvalue weighted by Crippen LogP contribution is 2.14. The molecule has 0 saturated carbocycles. The van der Waals surface area contributed by atoms with Gasteiger partial charge in [0.1, 0.15) is 12.2 Å². The van der Waals surface area contributed by atoms with Crippen molar-refractivity contribution < 1.29 is 19.1 Å². The maximum Gasteiger partial charge on any atom is 0.249 e. The Kier molecular flexibility index (Phi) is 8.93. The smallest absolute Gasteiger partial charge is 0.249 e. The second kappa shape index (κ2) is 11.7. The molecule has 2 amide bonds. The number of morpholine rings is 2. The third-order valence-corrected chi connectivity index (χ3v) is 5.82. The largest absolute Gasteiger partial charge is 0.367 e. The molecule has 0 radical (unpaired) electrons. The molecule has 0 aliphatic carbocycles. The highest BCUT2D eigenvalue weighted by Gasteiger charge is 2.25. The number of carbonyl (C=O) groups is 2. The molecule has 2 aliphatic heterocycles. The van der Waals surface area contributed by atoms with Crippen LogP contribution >= 0.6 is 23.2 Å². The van der Waals surface area contributed by atoms with Crippen molar-refractivity contribution in [3.63, 3.8) is 0 Å². The molecular weight excluding hydrogens is 451 g/mol. The molecular formula is C24H28Cl2N2O4. The Hall–Kier alpha value is -2.12. The highest BCUT2D eigenvalue weighted by atomic mass is 35.5. The number of hydrogen-bond acceptors (Lipinski definition) is 4. The molecule has 4 rings (SSSR count). The second-order valence-electron chi connectivity index (χ2n) is 8.02. The van der Waals surface area contributed by atoms with E-state index < -0.39 is 0 Å². The predicted molar refractivity (Wildman–Crippen MR) is 125 cm³/mol. The lowest BCUT2D eigenvalue weighted by Gasteiger charge is -2.27. The van der Waals surface area contributed by atoms with Crippen molar-refractivity contribution in [2.75, 3.05) is 13.2 Å². The summed E-state index contributed by atoms with van der Waals surface area (Å²) >= 11 is 11.6. The number of nitrogens with one attached hydrogen (secondary N) is 2. The number of hydrogen-bond donors (Lipinski definition) is 2. The minimum Gasteiger partial charge on any atom is -0.367 e. The van der Waals surface area contributed by atoms with Gasteiger partial charge >= 0.3 is 0 Å². The van der Waals surface area contributed by atoms with Crippen LogP contribution in [0.15, 0.2) is 48.5 Å². The summed E-state index contributed by atoms with van der Waals surface area (Å²) in [5.74, 6) is -0.0737. The van der Waals surface area contributed by atoms with Gasteiger partial charge in [-0.1, -0.05) is 47.5 Å². The SMILES string of the molecule is C[C@@H]1OC[C@@H](Cc2ccc(Cl)cc2)NC1=O.C[C@H]1OC[C@@H](Cc2ccc(Cl)cc2)NC1=O. The summed E-state index contributed by atoms with van der Waals surface area (Å²) in [5.41, 5.74) is 2.29. The number of amides is 2. The fourth-order valence-electron chi connectivity index (χ4n) is 3.42. The Morgan fingerprint density at radius 1 is 0.719 bits per heavy atom. The lowest BCUT2D eigenvalue weighted by Crippen LogP contribution is -2.50. The van der Waals surface area contributed by atoms with Crippen LogP contribution in [-0.4, -0.2) is 49.3 Å². The monoisotopic (exact) mass is 478 g/mol. The standard InChI is InChI=1S/2C12H14ClNO2/c2*1-8-12(15)14-11(7-16-8)6-9-2-4-10(13)5-3-9/h2*2-5,8,11H,6-7H2,1H3,(H,14,15)/t8-,11+;8-,11-/m01/s1. The molecule has 2 heterocycles. The number of rotatable bonds is 4. The van der Waals surface area contributed by atoms with Gasteiger partial charge in [0.25, 0.3) is 0 Å². The number of carbonyl (C=O) groups excluding carboxylic acids is 2. The Bertz CT molecular complexity index is 830. The molecule has 0 aromatic heterocycles. The lowest BCUT2D eigenvalue weighted by atomic mass is 10.1. The van der Waals surface area contributed by atoms with Gasteiger partial charge in [-0.2, -0.15) is 0 Å². The molecule has 2 aliphatic rings. The van der Waals surface area contributed by atoms with Crippen LogP contribution in [0.2, 0.25) is 10.0 Å². The first kappa shape index (κ1) is 24.5. The summed E-state index contributed by atoms with van der Waals surface area (Å²) in [5, 5.41) is 7.31. The van der Waals surface area contributed by atoms with Crippen molar-refractivity contribution in [2.24, 2.45) is 0 Å². The molecule has 0 spiro atoms. The van der Waals surface area contributed by atoms with Crippen LogP contribution in [0.25, 0.3) is 0 Å². The lowest BCUT2D eigenvalue weighted by molar-refractivity contribution is -0.139. The quantitative estimate of drug-likeness (QED) is 0.703. The van der Waals surface area contributed by atoms with E-state index in [1.807, 2.05) is 48.5 Å². The van der Waals surface area contributed by atoms with Gasteiger partial charge in [-0.3, -0.25) is 9.59 Å². The van der Waals surface area contributed by atoms with E-state index in [1.165, 1.54) is 0 Å². The van der Waals surface area contributed by atoms with E-state index in [-0.39, 0.29) is 36.1 Å². The molecule has 2 fully saturated rings. The summed E-state index contributed by atoms with van der Waals surface area (Å²) in [7, 11) is 0. The number of ether oxygens (including phenoxy) is 2. The van der Waals surface area contributed by atoms with E-state index in [0.29, 0.717) is 13.2 Å². The van der Waals surface area contributed by atoms with Gasteiger partial charge in [-0.05, 0) is 62.1 Å². The third-order valence-electron chi connectivity index (χ3n) is 5.32. The van der Waals surface area contributed by atoms with Gasteiger partial charge in [0, 0.05) is 10.0 Å². The minimum absolute atomic E-state index is 0.0368. The van der Waals surface area contributed by atoms with Crippen molar-refractivity contribution in [3.8, 4) is 0 Å². The van der Waals surface area contributed by atoms with E-state index in [4.69, 9.17) is 32.7 Å².